The molecule has 0 N–H and O–H groups in total. The first kappa shape index (κ1) is 17.1. The van der Waals surface area contributed by atoms with E-state index in [1.807, 2.05) is 0 Å². The largest absolute Gasteiger partial charge is 0.534 e. The second kappa shape index (κ2) is 5.73. The molecular weight excluding hydrogens is 337 g/mol. The van der Waals surface area contributed by atoms with E-state index in [4.69, 9.17) is 0 Å². The minimum absolute atomic E-state index is 0.176. The Morgan fingerprint density at radius 1 is 1.13 bits per heavy atom. The Morgan fingerprint density at radius 3 is 2.35 bits per heavy atom. The summed E-state index contributed by atoms with van der Waals surface area (Å²) in [6.45, 7) is 1.58. The summed E-state index contributed by atoms with van der Waals surface area (Å²) in [5, 5.41) is 0.981. The smallest absolute Gasteiger partial charge is 0.465 e. The lowest BCUT2D eigenvalue weighted by Gasteiger charge is -2.12. The highest BCUT2D eigenvalue weighted by molar-refractivity contribution is 7.88. The zero-order valence-corrected chi connectivity index (χ0v) is 12.8. The molecule has 0 spiro atoms. The third-order valence-electron chi connectivity index (χ3n) is 3.04. The van der Waals surface area contributed by atoms with Gasteiger partial charge in [0, 0.05) is 0 Å². The van der Waals surface area contributed by atoms with Crippen LogP contribution in [0.2, 0.25) is 0 Å². The van der Waals surface area contributed by atoms with Crippen molar-refractivity contribution in [1.82, 2.24) is 0 Å². The van der Waals surface area contributed by atoms with Crippen molar-refractivity contribution in [2.24, 2.45) is 0 Å². The van der Waals surface area contributed by atoms with Gasteiger partial charge in [0.2, 0.25) is 0 Å². The zero-order chi connectivity index (χ0) is 17.4. The summed E-state index contributed by atoms with van der Waals surface area (Å²) in [4.78, 5) is 11.5. The normalized spacial score (nSPS) is 12.2. The molecule has 0 heterocycles. The Morgan fingerprint density at radius 2 is 1.78 bits per heavy atom. The van der Waals surface area contributed by atoms with Gasteiger partial charge in [-0.05, 0) is 47.5 Å². The van der Waals surface area contributed by atoms with E-state index in [0.717, 1.165) is 6.07 Å². The molecule has 0 aliphatic carbocycles. The number of alkyl halides is 3. The number of rotatable bonds is 3. The number of carbonyl (C=O) groups excluding carboxylic acids is 1. The molecule has 0 fully saturated rings. The first-order valence-electron chi connectivity index (χ1n) is 6.18. The zero-order valence-electron chi connectivity index (χ0n) is 12.0. The van der Waals surface area contributed by atoms with Crippen LogP contribution in [-0.2, 0) is 14.9 Å². The van der Waals surface area contributed by atoms with Crippen LogP contribution in [0.4, 0.5) is 13.2 Å². The number of aryl methyl sites for hydroxylation is 1. The first-order valence-corrected chi connectivity index (χ1v) is 7.59. The second-order valence-corrected chi connectivity index (χ2v) is 6.19. The highest BCUT2D eigenvalue weighted by atomic mass is 32.2. The minimum atomic E-state index is -5.76. The van der Waals surface area contributed by atoms with Gasteiger partial charge in [0.15, 0.2) is 0 Å². The number of hydrogen-bond acceptors (Lipinski definition) is 5. The minimum Gasteiger partial charge on any atom is -0.465 e. The molecule has 9 heteroatoms. The lowest BCUT2D eigenvalue weighted by molar-refractivity contribution is -0.0500. The monoisotopic (exact) mass is 348 g/mol. The lowest BCUT2D eigenvalue weighted by atomic mass is 10.0. The number of esters is 1. The molecule has 2 aromatic rings. The molecular formula is C14H11F3O5S. The van der Waals surface area contributed by atoms with Gasteiger partial charge >= 0.3 is 21.6 Å². The molecule has 0 amide bonds. The number of halogens is 3. The van der Waals surface area contributed by atoms with Crippen LogP contribution in [0.25, 0.3) is 10.8 Å². The predicted octanol–water partition coefficient (Wildman–Crippen LogP) is 3.16. The van der Waals surface area contributed by atoms with Gasteiger partial charge in [0.1, 0.15) is 5.75 Å². The fourth-order valence-electron chi connectivity index (χ4n) is 1.99. The van der Waals surface area contributed by atoms with Crippen molar-refractivity contribution >= 4 is 26.9 Å². The summed E-state index contributed by atoms with van der Waals surface area (Å²) in [5.74, 6) is -1.12. The summed E-state index contributed by atoms with van der Waals surface area (Å²) in [7, 11) is -4.57. The average Bonchev–Trinajstić information content (AvgIpc) is 2.44. The topological polar surface area (TPSA) is 69.7 Å². The SMILES string of the molecule is COC(=O)c1ccc2c(C)cc(OS(=O)(=O)C(F)(F)F)cc2c1. The Hall–Kier alpha value is -2.29. The van der Waals surface area contributed by atoms with Gasteiger partial charge in [0.05, 0.1) is 12.7 Å². The summed E-state index contributed by atoms with van der Waals surface area (Å²) < 4.78 is 67.9. The second-order valence-electron chi connectivity index (χ2n) is 4.65. The van der Waals surface area contributed by atoms with Crippen molar-refractivity contribution in [3.05, 3.63) is 41.5 Å². The number of carbonyl (C=O) groups is 1. The van der Waals surface area contributed by atoms with Crippen molar-refractivity contribution < 1.29 is 35.3 Å². The Kier molecular flexibility index (Phi) is 4.25. The lowest BCUT2D eigenvalue weighted by Crippen LogP contribution is -2.28. The highest BCUT2D eigenvalue weighted by Crippen LogP contribution is 2.31. The predicted molar refractivity (Wildman–Crippen MR) is 75.6 cm³/mol. The molecule has 0 unspecified atom stereocenters. The van der Waals surface area contributed by atoms with Crippen LogP contribution in [0.15, 0.2) is 30.3 Å². The van der Waals surface area contributed by atoms with E-state index in [0.29, 0.717) is 16.3 Å². The van der Waals surface area contributed by atoms with Crippen LogP contribution < -0.4 is 4.18 Å². The van der Waals surface area contributed by atoms with Crippen molar-refractivity contribution in [3.8, 4) is 5.75 Å². The fraction of sp³-hybridized carbons (Fsp3) is 0.214. The van der Waals surface area contributed by atoms with E-state index < -0.39 is 27.3 Å². The quantitative estimate of drug-likeness (QED) is 0.484. The van der Waals surface area contributed by atoms with Gasteiger partial charge in [-0.25, -0.2) is 4.79 Å². The molecule has 0 atom stereocenters. The van der Waals surface area contributed by atoms with E-state index in [2.05, 4.69) is 8.92 Å². The number of ether oxygens (including phenoxy) is 1. The van der Waals surface area contributed by atoms with Crippen LogP contribution in [0.3, 0.4) is 0 Å². The molecule has 2 aromatic carbocycles. The van der Waals surface area contributed by atoms with Crippen molar-refractivity contribution in [2.75, 3.05) is 7.11 Å². The van der Waals surface area contributed by atoms with Gasteiger partial charge < -0.3 is 8.92 Å². The van der Waals surface area contributed by atoms with Gasteiger partial charge in [-0.2, -0.15) is 21.6 Å². The molecule has 5 nitrogen and oxygen atoms in total. The van der Waals surface area contributed by atoms with E-state index in [1.165, 1.54) is 25.3 Å². The summed E-state index contributed by atoms with van der Waals surface area (Å²) in [5.41, 5.74) is -4.86. The highest BCUT2D eigenvalue weighted by Gasteiger charge is 2.48. The van der Waals surface area contributed by atoms with E-state index in [9.17, 15) is 26.4 Å². The Bertz CT molecular complexity index is 872. The van der Waals surface area contributed by atoms with Crippen molar-refractivity contribution in [3.63, 3.8) is 0 Å². The third-order valence-corrected chi connectivity index (χ3v) is 4.02. The third kappa shape index (κ3) is 3.39. The first-order chi connectivity index (χ1) is 10.5. The maximum atomic E-state index is 12.4. The molecule has 0 aliphatic heterocycles. The van der Waals surface area contributed by atoms with E-state index in [1.54, 1.807) is 13.0 Å². The summed E-state index contributed by atoms with van der Waals surface area (Å²) in [6, 6.07) is 6.73. The van der Waals surface area contributed by atoms with Crippen LogP contribution in [0.5, 0.6) is 5.75 Å². The molecule has 2 rings (SSSR count). The number of benzene rings is 2. The van der Waals surface area contributed by atoms with Gasteiger partial charge in [-0.15, -0.1) is 0 Å². The van der Waals surface area contributed by atoms with Crippen LogP contribution in [-0.4, -0.2) is 27.0 Å². The van der Waals surface area contributed by atoms with E-state index >= 15 is 0 Å². The average molecular weight is 348 g/mol. The molecule has 23 heavy (non-hydrogen) atoms. The van der Waals surface area contributed by atoms with Crippen LogP contribution in [0.1, 0.15) is 15.9 Å². The van der Waals surface area contributed by atoms with E-state index in [-0.39, 0.29) is 5.56 Å². The standard InChI is InChI=1S/C14H11F3O5S/c1-8-5-11(22-23(19,20)14(15,16)17)7-10-6-9(13(18)21-2)3-4-12(8)10/h3-7H,1-2H3. The number of fused-ring (bicyclic) bond motifs is 1. The molecule has 0 bridgehead atoms. The fourth-order valence-corrected chi connectivity index (χ4v) is 2.44. The van der Waals surface area contributed by atoms with Crippen molar-refractivity contribution in [2.45, 2.75) is 12.4 Å². The number of hydrogen-bond donors (Lipinski definition) is 0. The Labute approximate surface area is 129 Å². The number of methoxy groups -OCH3 is 1. The van der Waals surface area contributed by atoms with Crippen molar-refractivity contribution in [1.29, 1.82) is 0 Å². The van der Waals surface area contributed by atoms with Gasteiger partial charge in [-0.3, -0.25) is 0 Å². The molecule has 124 valence electrons. The van der Waals surface area contributed by atoms with Crippen LogP contribution in [0, 0.1) is 6.92 Å². The summed E-state index contributed by atoms with van der Waals surface area (Å²) in [6.07, 6.45) is 0. The van der Waals surface area contributed by atoms with Gasteiger partial charge in [0.25, 0.3) is 0 Å². The van der Waals surface area contributed by atoms with Gasteiger partial charge in [-0.1, -0.05) is 6.07 Å². The molecule has 0 saturated carbocycles. The molecule has 0 aromatic heterocycles. The maximum absolute atomic E-state index is 12.4. The Balaban J connectivity index is 2.53. The molecule has 0 aliphatic rings. The summed E-state index contributed by atoms with van der Waals surface area (Å²) >= 11 is 0. The van der Waals surface area contributed by atoms with Crippen LogP contribution >= 0.6 is 0 Å². The molecule has 0 radical (unpaired) electrons. The molecule has 0 saturated heterocycles. The maximum Gasteiger partial charge on any atom is 0.534 e.